The van der Waals surface area contributed by atoms with Gasteiger partial charge in [-0.25, -0.2) is 0 Å². The summed E-state index contributed by atoms with van der Waals surface area (Å²) in [7, 11) is 1.82. The Morgan fingerprint density at radius 2 is 1.86 bits per heavy atom. The van der Waals surface area contributed by atoms with E-state index in [1.807, 2.05) is 68.6 Å². The Hall–Kier alpha value is -3.67. The van der Waals surface area contributed by atoms with Gasteiger partial charge >= 0.3 is 0 Å². The molecule has 0 saturated carbocycles. The first kappa shape index (κ1) is 18.7. The van der Waals surface area contributed by atoms with E-state index in [0.717, 1.165) is 22.2 Å². The van der Waals surface area contributed by atoms with E-state index in [4.69, 9.17) is 0 Å². The highest BCUT2D eigenvalue weighted by atomic mass is 16.2. The van der Waals surface area contributed by atoms with Gasteiger partial charge in [0.05, 0.1) is 5.69 Å². The molecule has 4 aromatic rings. The molecule has 4 rings (SSSR count). The van der Waals surface area contributed by atoms with Crippen LogP contribution in [0.4, 0.5) is 0 Å². The lowest BCUT2D eigenvalue weighted by molar-refractivity contribution is 0.0948. The number of fused-ring (bicyclic) bond motifs is 1. The number of carbonyl (C=O) groups excluding carboxylic acids is 1. The van der Waals surface area contributed by atoms with Crippen LogP contribution in [0.2, 0.25) is 0 Å². The normalized spacial score (nSPS) is 11.0. The SMILES string of the molecule is Cc1ccc(-c2cc(C(=O)NCCc3cc4ccccc4[nH]c3=O)nn2C)cc1. The van der Waals surface area contributed by atoms with Crippen LogP contribution in [0.1, 0.15) is 21.6 Å². The van der Waals surface area contributed by atoms with Crippen molar-refractivity contribution in [1.82, 2.24) is 20.1 Å². The van der Waals surface area contributed by atoms with Crippen molar-refractivity contribution in [2.24, 2.45) is 7.05 Å². The van der Waals surface area contributed by atoms with Crippen LogP contribution in [0, 0.1) is 6.92 Å². The van der Waals surface area contributed by atoms with Crippen molar-refractivity contribution in [3.63, 3.8) is 0 Å². The van der Waals surface area contributed by atoms with Gasteiger partial charge in [-0.1, -0.05) is 48.0 Å². The van der Waals surface area contributed by atoms with E-state index in [0.29, 0.717) is 24.2 Å². The molecule has 0 bridgehead atoms. The maximum atomic E-state index is 12.5. The minimum absolute atomic E-state index is 0.127. The largest absolute Gasteiger partial charge is 0.350 e. The summed E-state index contributed by atoms with van der Waals surface area (Å²) in [6.07, 6.45) is 0.448. The standard InChI is InChI=1S/C23H22N4O2/c1-15-7-9-16(10-8-15)21-14-20(26-27(21)2)23(29)24-12-11-18-13-17-5-3-4-6-19(17)25-22(18)28/h3-10,13-14H,11-12H2,1-2H3,(H,24,29)(H,25,28). The van der Waals surface area contributed by atoms with Crippen LogP contribution in [0.3, 0.4) is 0 Å². The Labute approximate surface area is 168 Å². The average molecular weight is 386 g/mol. The van der Waals surface area contributed by atoms with E-state index in [1.165, 1.54) is 5.56 Å². The second-order valence-corrected chi connectivity index (χ2v) is 7.12. The van der Waals surface area contributed by atoms with Crippen LogP contribution in [-0.4, -0.2) is 27.2 Å². The van der Waals surface area contributed by atoms with Crippen molar-refractivity contribution in [1.29, 1.82) is 0 Å². The van der Waals surface area contributed by atoms with E-state index >= 15 is 0 Å². The third kappa shape index (κ3) is 3.96. The van der Waals surface area contributed by atoms with Gasteiger partial charge in [-0.2, -0.15) is 5.10 Å². The molecule has 0 spiro atoms. The fourth-order valence-electron chi connectivity index (χ4n) is 3.35. The number of hydrogen-bond donors (Lipinski definition) is 2. The fraction of sp³-hybridized carbons (Fsp3) is 0.174. The van der Waals surface area contributed by atoms with E-state index in [9.17, 15) is 9.59 Å². The van der Waals surface area contributed by atoms with Crippen molar-refractivity contribution in [2.45, 2.75) is 13.3 Å². The molecule has 2 N–H and O–H groups in total. The van der Waals surface area contributed by atoms with Gasteiger partial charge in [0.2, 0.25) is 0 Å². The summed E-state index contributed by atoms with van der Waals surface area (Å²) in [5.74, 6) is -0.254. The molecule has 2 aromatic carbocycles. The number of aromatic amines is 1. The van der Waals surface area contributed by atoms with Crippen LogP contribution in [0.15, 0.2) is 65.5 Å². The number of H-pyrrole nitrogens is 1. The third-order valence-electron chi connectivity index (χ3n) is 4.97. The Bertz CT molecular complexity index is 1240. The predicted octanol–water partition coefficient (Wildman–Crippen LogP) is 3.21. The lowest BCUT2D eigenvalue weighted by Gasteiger charge is -2.05. The monoisotopic (exact) mass is 386 g/mol. The second-order valence-electron chi connectivity index (χ2n) is 7.12. The molecule has 0 fully saturated rings. The zero-order valence-corrected chi connectivity index (χ0v) is 16.4. The van der Waals surface area contributed by atoms with Crippen LogP contribution in [0.25, 0.3) is 22.2 Å². The molecule has 146 valence electrons. The van der Waals surface area contributed by atoms with Gasteiger partial charge in [-0.05, 0) is 42.5 Å². The Morgan fingerprint density at radius 3 is 2.66 bits per heavy atom. The van der Waals surface area contributed by atoms with E-state index in [-0.39, 0.29) is 11.5 Å². The summed E-state index contributed by atoms with van der Waals surface area (Å²) in [4.78, 5) is 27.6. The van der Waals surface area contributed by atoms with Gasteiger partial charge in [-0.3, -0.25) is 14.3 Å². The van der Waals surface area contributed by atoms with Gasteiger partial charge < -0.3 is 10.3 Å². The van der Waals surface area contributed by atoms with Crippen molar-refractivity contribution >= 4 is 16.8 Å². The fourth-order valence-corrected chi connectivity index (χ4v) is 3.35. The predicted molar refractivity (Wildman–Crippen MR) is 114 cm³/mol. The summed E-state index contributed by atoms with van der Waals surface area (Å²) < 4.78 is 1.70. The molecule has 0 aliphatic carbocycles. The molecular formula is C23H22N4O2. The Balaban J connectivity index is 1.44. The molecular weight excluding hydrogens is 364 g/mol. The third-order valence-corrected chi connectivity index (χ3v) is 4.97. The quantitative estimate of drug-likeness (QED) is 0.553. The number of nitrogens with zero attached hydrogens (tertiary/aromatic N) is 2. The van der Waals surface area contributed by atoms with Gasteiger partial charge in [0, 0.05) is 24.7 Å². The zero-order chi connectivity index (χ0) is 20.4. The molecule has 1 amide bonds. The number of rotatable bonds is 5. The molecule has 0 unspecified atom stereocenters. The first-order valence-electron chi connectivity index (χ1n) is 9.51. The summed E-state index contributed by atoms with van der Waals surface area (Å²) in [6.45, 7) is 2.39. The molecule has 6 nitrogen and oxygen atoms in total. The maximum Gasteiger partial charge on any atom is 0.271 e. The molecule has 2 aromatic heterocycles. The smallest absolute Gasteiger partial charge is 0.271 e. The summed E-state index contributed by atoms with van der Waals surface area (Å²) in [5, 5.41) is 8.16. The maximum absolute atomic E-state index is 12.5. The Kier molecular flexibility index (Phi) is 4.99. The van der Waals surface area contributed by atoms with Gasteiger partial charge in [0.1, 0.15) is 0 Å². The first-order valence-corrected chi connectivity index (χ1v) is 9.51. The molecule has 0 atom stereocenters. The number of benzene rings is 2. The number of aromatic nitrogens is 3. The van der Waals surface area contributed by atoms with Crippen molar-refractivity contribution in [3.8, 4) is 11.3 Å². The molecule has 29 heavy (non-hydrogen) atoms. The lowest BCUT2D eigenvalue weighted by Crippen LogP contribution is -2.27. The van der Waals surface area contributed by atoms with Crippen molar-refractivity contribution in [2.75, 3.05) is 6.54 Å². The highest BCUT2D eigenvalue weighted by Crippen LogP contribution is 2.20. The first-order chi connectivity index (χ1) is 14.0. The van der Waals surface area contributed by atoms with Gasteiger partial charge in [0.25, 0.3) is 11.5 Å². The van der Waals surface area contributed by atoms with Crippen LogP contribution >= 0.6 is 0 Å². The molecule has 2 heterocycles. The minimum atomic E-state index is -0.254. The van der Waals surface area contributed by atoms with Crippen LogP contribution < -0.4 is 10.9 Å². The van der Waals surface area contributed by atoms with Gasteiger partial charge in [0.15, 0.2) is 5.69 Å². The molecule has 0 aliphatic rings. The van der Waals surface area contributed by atoms with E-state index in [2.05, 4.69) is 15.4 Å². The summed E-state index contributed by atoms with van der Waals surface area (Å²) >= 11 is 0. The molecule has 0 radical (unpaired) electrons. The number of nitrogens with one attached hydrogen (secondary N) is 2. The number of para-hydroxylation sites is 1. The highest BCUT2D eigenvalue weighted by Gasteiger charge is 2.14. The molecule has 6 heteroatoms. The number of amides is 1. The summed E-state index contributed by atoms with van der Waals surface area (Å²) in [6, 6.07) is 19.4. The highest BCUT2D eigenvalue weighted by molar-refractivity contribution is 5.93. The summed E-state index contributed by atoms with van der Waals surface area (Å²) in [5.41, 5.74) is 4.74. The zero-order valence-electron chi connectivity index (χ0n) is 16.4. The number of carbonyl (C=O) groups is 1. The van der Waals surface area contributed by atoms with Crippen molar-refractivity contribution < 1.29 is 4.79 Å². The number of pyridine rings is 1. The van der Waals surface area contributed by atoms with E-state index < -0.39 is 0 Å². The van der Waals surface area contributed by atoms with Crippen molar-refractivity contribution in [3.05, 3.63) is 87.8 Å². The second kappa shape index (κ2) is 7.75. The lowest BCUT2D eigenvalue weighted by atomic mass is 10.1. The average Bonchev–Trinajstić information content (AvgIpc) is 3.10. The van der Waals surface area contributed by atoms with Gasteiger partial charge in [-0.15, -0.1) is 0 Å². The van der Waals surface area contributed by atoms with E-state index in [1.54, 1.807) is 10.7 Å². The number of hydrogen-bond acceptors (Lipinski definition) is 3. The van der Waals surface area contributed by atoms with Crippen LogP contribution in [-0.2, 0) is 13.5 Å². The molecule has 0 aliphatic heterocycles. The Morgan fingerprint density at radius 1 is 1.10 bits per heavy atom. The minimum Gasteiger partial charge on any atom is -0.350 e. The molecule has 0 saturated heterocycles. The van der Waals surface area contributed by atoms with Crippen LogP contribution in [0.5, 0.6) is 0 Å². The topological polar surface area (TPSA) is 79.8 Å². The number of aryl methyl sites for hydroxylation is 2.